The summed E-state index contributed by atoms with van der Waals surface area (Å²) >= 11 is 3.10. The van der Waals surface area contributed by atoms with E-state index in [1.165, 1.54) is 6.07 Å². The van der Waals surface area contributed by atoms with Gasteiger partial charge in [0.15, 0.2) is 4.67 Å². The topological polar surface area (TPSA) is 85.3 Å². The summed E-state index contributed by atoms with van der Waals surface area (Å²) in [6, 6.07) is 1.40. The van der Waals surface area contributed by atoms with Crippen LogP contribution in [0.1, 0.15) is 38.9 Å². The molecule has 0 radical (unpaired) electrons. The van der Waals surface area contributed by atoms with E-state index in [1.807, 2.05) is 13.8 Å². The van der Waals surface area contributed by atoms with E-state index in [9.17, 15) is 8.42 Å². The molecule has 0 saturated heterocycles. The first kappa shape index (κ1) is 15.7. The van der Waals surface area contributed by atoms with Crippen molar-refractivity contribution in [2.75, 3.05) is 0 Å². The molecule has 0 aliphatic rings. The van der Waals surface area contributed by atoms with Gasteiger partial charge < -0.3 is 10.2 Å². The van der Waals surface area contributed by atoms with Gasteiger partial charge in [-0.1, -0.05) is 20.3 Å². The Morgan fingerprint density at radius 3 is 2.61 bits per heavy atom. The Hall–Kier alpha value is -0.370. The van der Waals surface area contributed by atoms with Gasteiger partial charge in [0.2, 0.25) is 10.0 Å². The molecular weight excluding hydrogens is 320 g/mol. The summed E-state index contributed by atoms with van der Waals surface area (Å²) in [5.41, 5.74) is 5.42. The lowest BCUT2D eigenvalue weighted by Gasteiger charge is -2.15. The van der Waals surface area contributed by atoms with Crippen LogP contribution in [0.3, 0.4) is 0 Å². The zero-order chi connectivity index (χ0) is 13.8. The number of furan rings is 1. The number of rotatable bonds is 7. The van der Waals surface area contributed by atoms with Crippen LogP contribution in [0.15, 0.2) is 20.0 Å². The van der Waals surface area contributed by atoms with E-state index in [-0.39, 0.29) is 22.2 Å². The number of hydrogen-bond acceptors (Lipinski definition) is 4. The molecule has 0 aliphatic carbocycles. The average molecular weight is 339 g/mol. The number of nitrogens with one attached hydrogen (secondary N) is 1. The van der Waals surface area contributed by atoms with Crippen molar-refractivity contribution in [1.82, 2.24) is 4.72 Å². The van der Waals surface area contributed by atoms with Crippen LogP contribution in [-0.4, -0.2) is 14.5 Å². The van der Waals surface area contributed by atoms with Gasteiger partial charge in [0.05, 0.1) is 6.54 Å². The molecule has 1 atom stereocenters. The van der Waals surface area contributed by atoms with Crippen molar-refractivity contribution in [2.24, 2.45) is 5.73 Å². The van der Waals surface area contributed by atoms with Crippen molar-refractivity contribution in [3.05, 3.63) is 16.5 Å². The minimum absolute atomic E-state index is 0.0527. The van der Waals surface area contributed by atoms with E-state index < -0.39 is 10.0 Å². The minimum Gasteiger partial charge on any atom is -0.452 e. The van der Waals surface area contributed by atoms with Gasteiger partial charge in [-0.3, -0.25) is 0 Å². The summed E-state index contributed by atoms with van der Waals surface area (Å²) in [5.74, 6) is 0.436. The molecule has 7 heteroatoms. The maximum atomic E-state index is 12.2. The predicted octanol–water partition coefficient (Wildman–Crippen LogP) is 2.36. The van der Waals surface area contributed by atoms with E-state index in [4.69, 9.17) is 10.2 Å². The second-order valence-electron chi connectivity index (χ2n) is 4.07. The van der Waals surface area contributed by atoms with Crippen LogP contribution in [0, 0.1) is 0 Å². The van der Waals surface area contributed by atoms with Gasteiger partial charge in [-0.15, -0.1) is 0 Å². The average Bonchev–Trinajstić information content (AvgIpc) is 2.70. The first-order valence-corrected chi connectivity index (χ1v) is 8.22. The largest absolute Gasteiger partial charge is 0.452 e. The summed E-state index contributed by atoms with van der Waals surface area (Å²) < 4.78 is 32.4. The summed E-state index contributed by atoms with van der Waals surface area (Å²) in [6.07, 6.45) is 2.50. The first-order valence-electron chi connectivity index (χ1n) is 5.95. The maximum Gasteiger partial charge on any atom is 0.245 e. The van der Waals surface area contributed by atoms with E-state index in [1.54, 1.807) is 0 Å². The maximum absolute atomic E-state index is 12.2. The Morgan fingerprint density at radius 1 is 1.50 bits per heavy atom. The molecular formula is C11H19BrN2O3S. The Bertz CT molecular complexity index is 484. The van der Waals surface area contributed by atoms with Crippen molar-refractivity contribution < 1.29 is 12.8 Å². The fourth-order valence-electron chi connectivity index (χ4n) is 1.66. The fourth-order valence-corrected chi connectivity index (χ4v) is 4.01. The van der Waals surface area contributed by atoms with E-state index in [0.29, 0.717) is 5.76 Å². The van der Waals surface area contributed by atoms with Gasteiger partial charge in [-0.05, 0) is 28.8 Å². The van der Waals surface area contributed by atoms with Crippen molar-refractivity contribution in [3.8, 4) is 0 Å². The monoisotopic (exact) mass is 338 g/mol. The standard InChI is InChI=1S/C11H19BrN2O3S/c1-3-5-8(4-2)14-18(15,16)10-6-9(7-13)17-11(10)12/h6,8,14H,3-5,7,13H2,1-2H3. The van der Waals surface area contributed by atoms with Crippen molar-refractivity contribution >= 4 is 26.0 Å². The number of nitrogens with two attached hydrogens (primary N) is 1. The third-order valence-corrected chi connectivity index (χ3v) is 5.03. The Kier molecular flexibility index (Phi) is 5.84. The summed E-state index contributed by atoms with van der Waals surface area (Å²) in [4.78, 5) is 0.109. The van der Waals surface area contributed by atoms with Crippen LogP contribution in [-0.2, 0) is 16.6 Å². The summed E-state index contributed by atoms with van der Waals surface area (Å²) in [6.45, 7) is 4.15. The second kappa shape index (κ2) is 6.70. The highest BCUT2D eigenvalue weighted by Crippen LogP contribution is 2.26. The molecule has 1 heterocycles. The summed E-state index contributed by atoms with van der Waals surface area (Å²) in [5, 5.41) is 0. The van der Waals surface area contributed by atoms with E-state index in [2.05, 4.69) is 20.7 Å². The lowest BCUT2D eigenvalue weighted by Crippen LogP contribution is -2.34. The van der Waals surface area contributed by atoms with Crippen LogP contribution < -0.4 is 10.5 Å². The van der Waals surface area contributed by atoms with Gasteiger partial charge >= 0.3 is 0 Å². The predicted molar refractivity (Wildman–Crippen MR) is 73.6 cm³/mol. The van der Waals surface area contributed by atoms with E-state index in [0.717, 1.165) is 19.3 Å². The van der Waals surface area contributed by atoms with Gasteiger partial charge in [0, 0.05) is 12.1 Å². The normalized spacial score (nSPS) is 13.8. The van der Waals surface area contributed by atoms with Crippen LogP contribution in [0.4, 0.5) is 0 Å². The minimum atomic E-state index is -3.56. The van der Waals surface area contributed by atoms with Crippen LogP contribution in [0.2, 0.25) is 0 Å². The molecule has 0 fully saturated rings. The van der Waals surface area contributed by atoms with Crippen molar-refractivity contribution in [2.45, 2.75) is 50.6 Å². The Morgan fingerprint density at radius 2 is 2.17 bits per heavy atom. The van der Waals surface area contributed by atoms with Gasteiger partial charge in [0.25, 0.3) is 0 Å². The molecule has 104 valence electrons. The first-order chi connectivity index (χ1) is 8.44. The highest BCUT2D eigenvalue weighted by molar-refractivity contribution is 9.10. The molecule has 0 aliphatic heterocycles. The molecule has 0 aromatic carbocycles. The number of halogens is 1. The second-order valence-corrected chi connectivity index (χ2v) is 6.47. The third kappa shape index (κ3) is 3.81. The molecule has 0 saturated carbocycles. The fraction of sp³-hybridized carbons (Fsp3) is 0.636. The van der Waals surface area contributed by atoms with Crippen molar-refractivity contribution in [3.63, 3.8) is 0 Å². The third-order valence-electron chi connectivity index (χ3n) is 2.65. The summed E-state index contributed by atoms with van der Waals surface area (Å²) in [7, 11) is -3.56. The zero-order valence-corrected chi connectivity index (χ0v) is 13.0. The SMILES string of the molecule is CCCC(CC)NS(=O)(=O)c1cc(CN)oc1Br. The molecule has 0 bridgehead atoms. The lowest BCUT2D eigenvalue weighted by atomic mass is 10.1. The molecule has 18 heavy (non-hydrogen) atoms. The molecule has 0 spiro atoms. The Labute approximate surface area is 116 Å². The van der Waals surface area contributed by atoms with Gasteiger partial charge in [0.1, 0.15) is 10.7 Å². The van der Waals surface area contributed by atoms with Crippen LogP contribution in [0.5, 0.6) is 0 Å². The van der Waals surface area contributed by atoms with Gasteiger partial charge in [-0.25, -0.2) is 13.1 Å². The molecule has 1 aromatic rings. The highest BCUT2D eigenvalue weighted by Gasteiger charge is 2.24. The zero-order valence-electron chi connectivity index (χ0n) is 10.6. The number of sulfonamides is 1. The molecule has 1 rings (SSSR count). The molecule has 0 amide bonds. The van der Waals surface area contributed by atoms with E-state index >= 15 is 0 Å². The quantitative estimate of drug-likeness (QED) is 0.799. The molecule has 3 N–H and O–H groups in total. The number of hydrogen-bond donors (Lipinski definition) is 2. The molecule has 5 nitrogen and oxygen atoms in total. The van der Waals surface area contributed by atoms with Crippen LogP contribution >= 0.6 is 15.9 Å². The van der Waals surface area contributed by atoms with Gasteiger partial charge in [-0.2, -0.15) is 0 Å². The van der Waals surface area contributed by atoms with Crippen molar-refractivity contribution in [1.29, 1.82) is 0 Å². The molecule has 1 aromatic heterocycles. The lowest BCUT2D eigenvalue weighted by molar-refractivity contribution is 0.480. The van der Waals surface area contributed by atoms with Crippen LogP contribution in [0.25, 0.3) is 0 Å². The molecule has 1 unspecified atom stereocenters. The smallest absolute Gasteiger partial charge is 0.245 e. The highest BCUT2D eigenvalue weighted by atomic mass is 79.9. The Balaban J connectivity index is 2.94.